The molecule has 22 nitrogen and oxygen atoms in total. The third-order valence-electron chi connectivity index (χ3n) is 13.2. The molecule has 3 unspecified atom stereocenters. The van der Waals surface area contributed by atoms with Crippen LogP contribution in [-0.4, -0.2) is 146 Å². The molecule has 380 valence electrons. The van der Waals surface area contributed by atoms with E-state index in [1.165, 1.54) is 36.4 Å². The van der Waals surface area contributed by atoms with Crippen LogP contribution in [0, 0.1) is 16.7 Å². The van der Waals surface area contributed by atoms with Gasteiger partial charge >= 0.3 is 12.2 Å². The fourth-order valence-electron chi connectivity index (χ4n) is 8.69. The van der Waals surface area contributed by atoms with Crippen molar-refractivity contribution in [2.24, 2.45) is 11.1 Å². The van der Waals surface area contributed by atoms with Gasteiger partial charge in [-0.05, 0) is 88.7 Å². The normalized spacial score (nSPS) is 19.6. The van der Waals surface area contributed by atoms with Crippen LogP contribution >= 0.6 is 0 Å². The minimum Gasteiger partial charge on any atom is -0.430 e. The molecule has 1 saturated carbocycles. The molecule has 2 aromatic carbocycles. The number of urea groups is 1. The van der Waals surface area contributed by atoms with Crippen molar-refractivity contribution >= 4 is 59.2 Å². The van der Waals surface area contributed by atoms with Gasteiger partial charge in [0.15, 0.2) is 0 Å². The summed E-state index contributed by atoms with van der Waals surface area (Å²) >= 11 is 0. The van der Waals surface area contributed by atoms with Gasteiger partial charge in [0.1, 0.15) is 17.6 Å². The van der Waals surface area contributed by atoms with Gasteiger partial charge in [0.25, 0.3) is 17.7 Å². The van der Waals surface area contributed by atoms with Crippen molar-refractivity contribution in [3.8, 4) is 6.07 Å². The van der Waals surface area contributed by atoms with Gasteiger partial charge in [0.05, 0.1) is 23.7 Å². The quantitative estimate of drug-likeness (QED) is 0.0380. The highest BCUT2D eigenvalue weighted by atomic mass is 16.7. The van der Waals surface area contributed by atoms with Crippen molar-refractivity contribution < 1.29 is 52.6 Å². The van der Waals surface area contributed by atoms with Crippen molar-refractivity contribution in [1.82, 2.24) is 41.3 Å². The van der Waals surface area contributed by atoms with Crippen LogP contribution in [0.5, 0.6) is 0 Å². The number of rotatable bonds is 22. The van der Waals surface area contributed by atoms with E-state index in [2.05, 4.69) is 42.9 Å². The zero-order valence-electron chi connectivity index (χ0n) is 40.0. The topological polar surface area (TPSA) is 304 Å². The SMILES string of the molecule is C[C@H](NC(=O)C1CC(OC(=O)OC(C(=O)N2CCN(C)CC2)c2ccc(NC(=O)[C@H](CCCNC(N)=O)NC(=O)C3(C(=O)NCCCCCN4C(=O)C=CC4=O)CCC3)cc2)CN1)c1ccc(C#N)cc1. The van der Waals surface area contributed by atoms with E-state index in [0.717, 1.165) is 10.5 Å². The van der Waals surface area contributed by atoms with E-state index in [-0.39, 0.29) is 93.3 Å². The predicted molar refractivity (Wildman–Crippen MR) is 255 cm³/mol. The van der Waals surface area contributed by atoms with Gasteiger partial charge in [0.2, 0.25) is 29.7 Å². The summed E-state index contributed by atoms with van der Waals surface area (Å²) in [5.74, 6) is -3.18. The number of nitrogens with one attached hydrogen (secondary N) is 6. The minimum absolute atomic E-state index is 0.0718. The number of nitrogens with zero attached hydrogens (tertiary/aromatic N) is 4. The lowest BCUT2D eigenvalue weighted by Crippen LogP contribution is -2.58. The van der Waals surface area contributed by atoms with Crippen molar-refractivity contribution in [1.29, 1.82) is 5.26 Å². The molecule has 9 amide bonds. The van der Waals surface area contributed by atoms with Crippen LogP contribution in [0.15, 0.2) is 60.7 Å². The summed E-state index contributed by atoms with van der Waals surface area (Å²) in [5.41, 5.74) is 5.72. The molecule has 8 N–H and O–H groups in total. The van der Waals surface area contributed by atoms with Crippen molar-refractivity contribution in [2.75, 3.05) is 64.7 Å². The molecule has 5 atom stereocenters. The average Bonchev–Trinajstić information content (AvgIpc) is 3.94. The van der Waals surface area contributed by atoms with E-state index in [0.29, 0.717) is 57.4 Å². The zero-order chi connectivity index (χ0) is 51.1. The van der Waals surface area contributed by atoms with Crippen LogP contribution in [-0.2, 0) is 43.0 Å². The van der Waals surface area contributed by atoms with Crippen LogP contribution in [0.1, 0.15) is 93.5 Å². The van der Waals surface area contributed by atoms with Crippen LogP contribution in [0.3, 0.4) is 0 Å². The number of nitriles is 1. The second-order valence-corrected chi connectivity index (χ2v) is 18.3. The van der Waals surface area contributed by atoms with Crippen LogP contribution in [0.2, 0.25) is 0 Å². The summed E-state index contributed by atoms with van der Waals surface area (Å²) in [6, 6.07) is 12.1. The number of benzene rings is 2. The maximum absolute atomic E-state index is 14.0. The summed E-state index contributed by atoms with van der Waals surface area (Å²) in [4.78, 5) is 122. The molecule has 1 aliphatic carbocycles. The Balaban J connectivity index is 1.05. The minimum atomic E-state index is -1.42. The first-order valence-electron chi connectivity index (χ1n) is 24.0. The molecule has 22 heteroatoms. The van der Waals surface area contributed by atoms with E-state index in [9.17, 15) is 43.2 Å². The third-order valence-corrected chi connectivity index (χ3v) is 13.2. The molecule has 0 aromatic heterocycles. The number of hydrogen-bond acceptors (Lipinski definition) is 14. The number of anilines is 1. The molecular weight excluding hydrogens is 919 g/mol. The Morgan fingerprint density at radius 2 is 1.51 bits per heavy atom. The maximum atomic E-state index is 14.0. The Morgan fingerprint density at radius 1 is 0.845 bits per heavy atom. The van der Waals surface area contributed by atoms with E-state index in [1.54, 1.807) is 29.2 Å². The Hall–Kier alpha value is -7.38. The number of hydrogen-bond donors (Lipinski definition) is 7. The van der Waals surface area contributed by atoms with Crippen molar-refractivity contribution in [3.63, 3.8) is 0 Å². The smallest absolute Gasteiger partial charge is 0.430 e. The molecule has 4 aliphatic rings. The van der Waals surface area contributed by atoms with E-state index >= 15 is 0 Å². The molecule has 2 saturated heterocycles. The van der Waals surface area contributed by atoms with Crippen LogP contribution in [0.4, 0.5) is 15.3 Å². The summed E-state index contributed by atoms with van der Waals surface area (Å²) < 4.78 is 11.4. The summed E-state index contributed by atoms with van der Waals surface area (Å²) in [5, 5.41) is 26.0. The van der Waals surface area contributed by atoms with Gasteiger partial charge in [-0.15, -0.1) is 0 Å². The Labute approximate surface area is 411 Å². The Morgan fingerprint density at radius 3 is 2.14 bits per heavy atom. The number of primary amides is 1. The third kappa shape index (κ3) is 14.4. The van der Waals surface area contributed by atoms with Crippen LogP contribution in [0.25, 0.3) is 0 Å². The fraction of sp³-hybridized carbons (Fsp3) is 0.510. The average molecular weight is 982 g/mol. The highest BCUT2D eigenvalue weighted by molar-refractivity contribution is 6.13. The standard InChI is InChI=1S/C49H63N11O11/c1-31(33-11-9-32(29-50)10-12-33)55-43(64)38-28-36(30-54-38)70-48(69)71-41(44(65)59-26-24-58(2)25-27-59)34-13-15-35(16-14-34)56-42(63)37(8-6-22-53-47(51)68)57-46(67)49(19-7-20-49)45(66)52-21-4-3-5-23-60-39(61)17-18-40(60)62/h9-18,31,36-38,41,54H,3-8,19-28,30H2,1-2H3,(H,52,66)(H,55,64)(H,56,63)(H,57,67)(H3,51,53,68)/t31-,36?,37-,38?,41?/m0/s1. The first-order chi connectivity index (χ1) is 34.1. The Kier molecular flexibility index (Phi) is 18.6. The maximum Gasteiger partial charge on any atom is 0.509 e. The number of amides is 9. The number of likely N-dealkylation sites (N-methyl/N-ethyl adjacent to an activating group) is 1. The molecule has 0 spiro atoms. The fourth-order valence-corrected chi connectivity index (χ4v) is 8.69. The zero-order valence-corrected chi connectivity index (χ0v) is 40.0. The Bertz CT molecular complexity index is 2340. The number of piperazine rings is 1. The number of carbonyl (C=O) groups excluding carboxylic acids is 9. The molecule has 0 radical (unpaired) electrons. The predicted octanol–water partition coefficient (Wildman–Crippen LogP) is 1.39. The van der Waals surface area contributed by atoms with Crippen LogP contribution < -0.4 is 37.6 Å². The van der Waals surface area contributed by atoms with Gasteiger partial charge in [-0.1, -0.05) is 30.7 Å². The number of nitrogens with two attached hydrogens (primary N) is 1. The molecule has 6 rings (SSSR count). The van der Waals surface area contributed by atoms with Gasteiger partial charge < -0.3 is 56.9 Å². The molecule has 0 bridgehead atoms. The largest absolute Gasteiger partial charge is 0.509 e. The second-order valence-electron chi connectivity index (χ2n) is 18.3. The lowest BCUT2D eigenvalue weighted by atomic mass is 9.67. The van der Waals surface area contributed by atoms with E-state index in [4.69, 9.17) is 20.5 Å². The molecule has 3 fully saturated rings. The number of ether oxygens (including phenoxy) is 2. The number of carbonyl (C=O) groups is 9. The van der Waals surface area contributed by atoms with Gasteiger partial charge in [-0.25, -0.2) is 9.59 Å². The number of unbranched alkanes of at least 4 members (excludes halogenated alkanes) is 2. The molecular formula is C49H63N11O11. The molecule has 71 heavy (non-hydrogen) atoms. The number of imide groups is 1. The summed E-state index contributed by atoms with van der Waals surface area (Å²) in [6.07, 6.45) is 2.55. The van der Waals surface area contributed by atoms with Gasteiger partial charge in [-0.3, -0.25) is 38.5 Å². The van der Waals surface area contributed by atoms with E-state index < -0.39 is 65.5 Å². The summed E-state index contributed by atoms with van der Waals surface area (Å²) in [6.45, 7) is 4.61. The van der Waals surface area contributed by atoms with Crippen molar-refractivity contribution in [2.45, 2.75) is 95.0 Å². The molecule has 3 heterocycles. The lowest BCUT2D eigenvalue weighted by Gasteiger charge is -2.39. The first kappa shape index (κ1) is 53.0. The monoisotopic (exact) mass is 981 g/mol. The molecule has 3 aliphatic heterocycles. The lowest BCUT2D eigenvalue weighted by molar-refractivity contribution is -0.151. The van der Waals surface area contributed by atoms with Gasteiger partial charge in [-0.2, -0.15) is 5.26 Å². The van der Waals surface area contributed by atoms with E-state index in [1.807, 2.05) is 14.0 Å². The highest BCUT2D eigenvalue weighted by Gasteiger charge is 2.51. The first-order valence-corrected chi connectivity index (χ1v) is 24.0. The van der Waals surface area contributed by atoms with Crippen molar-refractivity contribution in [3.05, 3.63) is 77.4 Å². The highest BCUT2D eigenvalue weighted by Crippen LogP contribution is 2.41. The molecule has 2 aromatic rings. The summed E-state index contributed by atoms with van der Waals surface area (Å²) in [7, 11) is 1.94. The second kappa shape index (κ2) is 25.0. The van der Waals surface area contributed by atoms with Gasteiger partial charge in [0, 0.05) is 82.2 Å².